The van der Waals surface area contributed by atoms with Crippen molar-refractivity contribution in [3.8, 4) is 0 Å². The molecule has 0 unspecified atom stereocenters. The van der Waals surface area contributed by atoms with Crippen LogP contribution in [0, 0.1) is 5.41 Å². The van der Waals surface area contributed by atoms with Gasteiger partial charge in [-0.25, -0.2) is 0 Å². The molecule has 0 amide bonds. The number of halogens is 1. The van der Waals surface area contributed by atoms with Crippen molar-refractivity contribution in [3.05, 3.63) is 34.3 Å². The van der Waals surface area contributed by atoms with Crippen molar-refractivity contribution < 1.29 is 0 Å². The highest BCUT2D eigenvalue weighted by atomic mass is 79.9. The molecule has 1 nitrogen and oxygen atoms in total. The summed E-state index contributed by atoms with van der Waals surface area (Å²) in [5.74, 6) is 0. The second-order valence-corrected chi connectivity index (χ2v) is 5.80. The zero-order valence-corrected chi connectivity index (χ0v) is 11.5. The van der Waals surface area contributed by atoms with E-state index in [9.17, 15) is 0 Å². The molecule has 0 aliphatic heterocycles. The van der Waals surface area contributed by atoms with Crippen molar-refractivity contribution in [1.82, 2.24) is 5.32 Å². The quantitative estimate of drug-likeness (QED) is 0.783. The van der Waals surface area contributed by atoms with Gasteiger partial charge in [0, 0.05) is 11.0 Å². The maximum Gasteiger partial charge on any atom is 0.0207 e. The molecule has 1 aromatic rings. The molecule has 1 aliphatic rings. The van der Waals surface area contributed by atoms with Crippen molar-refractivity contribution in [1.29, 1.82) is 0 Å². The topological polar surface area (TPSA) is 12.0 Å². The van der Waals surface area contributed by atoms with Crippen molar-refractivity contribution in [2.24, 2.45) is 5.41 Å². The lowest BCUT2D eigenvalue weighted by Gasteiger charge is -2.16. The van der Waals surface area contributed by atoms with Gasteiger partial charge < -0.3 is 5.32 Å². The average Bonchev–Trinajstić information content (AvgIpc) is 3.03. The molecule has 0 saturated heterocycles. The van der Waals surface area contributed by atoms with E-state index in [0.717, 1.165) is 6.54 Å². The van der Waals surface area contributed by atoms with Gasteiger partial charge in [-0.15, -0.1) is 0 Å². The van der Waals surface area contributed by atoms with Crippen LogP contribution in [0.3, 0.4) is 0 Å². The summed E-state index contributed by atoms with van der Waals surface area (Å²) in [6, 6.07) is 8.60. The van der Waals surface area contributed by atoms with E-state index in [1.165, 1.54) is 42.3 Å². The molecule has 0 spiro atoms. The second kappa shape index (κ2) is 5.33. The zero-order chi connectivity index (χ0) is 11.4. The fourth-order valence-electron chi connectivity index (χ4n) is 2.17. The van der Waals surface area contributed by atoms with E-state index in [-0.39, 0.29) is 0 Å². The van der Waals surface area contributed by atoms with Crippen LogP contribution < -0.4 is 5.32 Å². The molecule has 88 valence electrons. The Morgan fingerprint density at radius 1 is 1.31 bits per heavy atom. The Kier molecular flexibility index (Phi) is 4.04. The van der Waals surface area contributed by atoms with E-state index in [0.29, 0.717) is 5.41 Å². The standard InChI is InChI=1S/C14H20BrN/c1-2-9-16-11-14(7-8-14)10-12-5-3-4-6-13(12)15/h3-6,16H,2,7-11H2,1H3. The Hall–Kier alpha value is -0.340. The van der Waals surface area contributed by atoms with E-state index >= 15 is 0 Å². The first-order chi connectivity index (χ1) is 7.76. The molecule has 0 radical (unpaired) electrons. The summed E-state index contributed by atoms with van der Waals surface area (Å²) >= 11 is 3.64. The van der Waals surface area contributed by atoms with Gasteiger partial charge in [0.2, 0.25) is 0 Å². The smallest absolute Gasteiger partial charge is 0.0207 e. The summed E-state index contributed by atoms with van der Waals surface area (Å²) in [4.78, 5) is 0. The van der Waals surface area contributed by atoms with Gasteiger partial charge in [-0.3, -0.25) is 0 Å². The third-order valence-corrected chi connectivity index (χ3v) is 4.18. The Morgan fingerprint density at radius 2 is 2.06 bits per heavy atom. The molecule has 0 heterocycles. The summed E-state index contributed by atoms with van der Waals surface area (Å²) in [6.07, 6.45) is 5.20. The van der Waals surface area contributed by atoms with Crippen LogP contribution >= 0.6 is 15.9 Å². The predicted octanol–water partition coefficient (Wildman–Crippen LogP) is 3.77. The molecule has 1 fully saturated rings. The lowest BCUT2D eigenvalue weighted by Crippen LogP contribution is -2.26. The lowest BCUT2D eigenvalue weighted by atomic mass is 9.96. The lowest BCUT2D eigenvalue weighted by molar-refractivity contribution is 0.455. The maximum absolute atomic E-state index is 3.64. The molecule has 1 aliphatic carbocycles. The van der Waals surface area contributed by atoms with E-state index in [1.54, 1.807) is 0 Å². The monoisotopic (exact) mass is 281 g/mol. The van der Waals surface area contributed by atoms with Gasteiger partial charge in [0.15, 0.2) is 0 Å². The first-order valence-electron chi connectivity index (χ1n) is 6.20. The molecule has 1 N–H and O–H groups in total. The van der Waals surface area contributed by atoms with Gasteiger partial charge in [0.1, 0.15) is 0 Å². The van der Waals surface area contributed by atoms with E-state index in [4.69, 9.17) is 0 Å². The molecule has 1 aromatic carbocycles. The van der Waals surface area contributed by atoms with Gasteiger partial charge in [0.25, 0.3) is 0 Å². The highest BCUT2D eigenvalue weighted by molar-refractivity contribution is 9.10. The summed E-state index contributed by atoms with van der Waals surface area (Å²) in [7, 11) is 0. The number of hydrogen-bond donors (Lipinski definition) is 1. The minimum absolute atomic E-state index is 0.555. The number of hydrogen-bond acceptors (Lipinski definition) is 1. The Balaban J connectivity index is 1.91. The summed E-state index contributed by atoms with van der Waals surface area (Å²) in [6.45, 7) is 4.56. The first-order valence-corrected chi connectivity index (χ1v) is 6.99. The first kappa shape index (κ1) is 12.1. The van der Waals surface area contributed by atoms with Crippen LogP contribution in [-0.2, 0) is 6.42 Å². The average molecular weight is 282 g/mol. The van der Waals surface area contributed by atoms with Crippen molar-refractivity contribution in [2.75, 3.05) is 13.1 Å². The van der Waals surface area contributed by atoms with E-state index < -0.39 is 0 Å². The number of benzene rings is 1. The van der Waals surface area contributed by atoms with Crippen molar-refractivity contribution in [3.63, 3.8) is 0 Å². The van der Waals surface area contributed by atoms with Crippen molar-refractivity contribution >= 4 is 15.9 Å². The summed E-state index contributed by atoms with van der Waals surface area (Å²) in [5.41, 5.74) is 2.01. The Morgan fingerprint density at radius 3 is 2.69 bits per heavy atom. The minimum atomic E-state index is 0.555. The molecular weight excluding hydrogens is 262 g/mol. The van der Waals surface area contributed by atoms with E-state index in [2.05, 4.69) is 52.4 Å². The zero-order valence-electron chi connectivity index (χ0n) is 9.93. The molecule has 16 heavy (non-hydrogen) atoms. The highest BCUT2D eigenvalue weighted by Crippen LogP contribution is 2.48. The fraction of sp³-hybridized carbons (Fsp3) is 0.571. The van der Waals surface area contributed by atoms with Crippen molar-refractivity contribution in [2.45, 2.75) is 32.6 Å². The molecule has 2 rings (SSSR count). The molecule has 0 bridgehead atoms. The molecular formula is C14H20BrN. The Labute approximate surface area is 107 Å². The van der Waals surface area contributed by atoms with Crippen LogP contribution in [0.5, 0.6) is 0 Å². The molecule has 0 atom stereocenters. The third-order valence-electron chi connectivity index (χ3n) is 3.41. The van der Waals surface area contributed by atoms with Gasteiger partial charge in [-0.1, -0.05) is 41.1 Å². The van der Waals surface area contributed by atoms with E-state index in [1.807, 2.05) is 0 Å². The fourth-order valence-corrected chi connectivity index (χ4v) is 2.59. The summed E-state index contributed by atoms with van der Waals surface area (Å²) < 4.78 is 1.26. The van der Waals surface area contributed by atoms with Crippen LogP contribution in [0.4, 0.5) is 0 Å². The van der Waals surface area contributed by atoms with Crippen LogP contribution in [0.2, 0.25) is 0 Å². The van der Waals surface area contributed by atoms with Crippen LogP contribution in [0.1, 0.15) is 31.7 Å². The Bertz CT molecular complexity index is 344. The maximum atomic E-state index is 3.64. The minimum Gasteiger partial charge on any atom is -0.316 e. The highest BCUT2D eigenvalue weighted by Gasteiger charge is 2.42. The normalized spacial score (nSPS) is 17.4. The van der Waals surface area contributed by atoms with Crippen LogP contribution in [-0.4, -0.2) is 13.1 Å². The molecule has 1 saturated carbocycles. The third kappa shape index (κ3) is 3.08. The SMILES string of the molecule is CCCNCC1(Cc2ccccc2Br)CC1. The largest absolute Gasteiger partial charge is 0.316 e. The number of nitrogens with one attached hydrogen (secondary N) is 1. The van der Waals surface area contributed by atoms with Crippen LogP contribution in [0.15, 0.2) is 28.7 Å². The van der Waals surface area contributed by atoms with Gasteiger partial charge >= 0.3 is 0 Å². The second-order valence-electron chi connectivity index (χ2n) is 4.94. The predicted molar refractivity (Wildman–Crippen MR) is 72.7 cm³/mol. The number of rotatable bonds is 6. The molecule has 0 aromatic heterocycles. The van der Waals surface area contributed by atoms with Gasteiger partial charge in [-0.2, -0.15) is 0 Å². The van der Waals surface area contributed by atoms with Gasteiger partial charge in [-0.05, 0) is 49.3 Å². The van der Waals surface area contributed by atoms with Gasteiger partial charge in [0.05, 0.1) is 0 Å². The summed E-state index contributed by atoms with van der Waals surface area (Å²) in [5, 5.41) is 3.56. The van der Waals surface area contributed by atoms with Crippen LogP contribution in [0.25, 0.3) is 0 Å². The molecule has 2 heteroatoms.